The van der Waals surface area contributed by atoms with Crippen molar-refractivity contribution < 1.29 is 0 Å². The molecular weight excluding hydrogens is 282 g/mol. The number of halogens is 1. The first kappa shape index (κ1) is 16.1. The van der Waals surface area contributed by atoms with Gasteiger partial charge in [-0.2, -0.15) is 5.10 Å². The van der Waals surface area contributed by atoms with Gasteiger partial charge in [0.25, 0.3) is 0 Å². The molecule has 0 fully saturated rings. The smallest absolute Gasteiger partial charge is 0.0644 e. The van der Waals surface area contributed by atoms with E-state index in [0.717, 1.165) is 17.1 Å². The molecule has 2 rings (SSSR count). The van der Waals surface area contributed by atoms with Gasteiger partial charge in [0, 0.05) is 35.4 Å². The minimum Gasteiger partial charge on any atom is -0.303 e. The molecule has 0 radical (unpaired) electrons. The van der Waals surface area contributed by atoms with Crippen LogP contribution in [0.4, 0.5) is 0 Å². The molecule has 1 heterocycles. The summed E-state index contributed by atoms with van der Waals surface area (Å²) in [6.45, 7) is 8.60. The van der Waals surface area contributed by atoms with Gasteiger partial charge in [-0.25, -0.2) is 0 Å². The third-order valence-corrected chi connectivity index (χ3v) is 4.38. The number of hydrogen-bond donors (Lipinski definition) is 1. The Hall–Kier alpha value is -1.32. The lowest BCUT2D eigenvalue weighted by molar-refractivity contribution is 0.454. The summed E-state index contributed by atoms with van der Waals surface area (Å²) in [5.41, 5.74) is 4.89. The van der Waals surface area contributed by atoms with Crippen molar-refractivity contribution in [3.63, 3.8) is 0 Å². The maximum Gasteiger partial charge on any atom is 0.0644 e. The Bertz CT molecular complexity index is 601. The molecule has 0 aliphatic carbocycles. The number of rotatable bonds is 5. The van der Waals surface area contributed by atoms with Crippen LogP contribution < -0.4 is 5.32 Å². The monoisotopic (exact) mass is 305 g/mol. The summed E-state index contributed by atoms with van der Waals surface area (Å²) < 4.78 is 1.95. The van der Waals surface area contributed by atoms with E-state index in [2.05, 4.69) is 50.2 Å². The molecule has 0 aliphatic heterocycles. The van der Waals surface area contributed by atoms with Crippen molar-refractivity contribution >= 4 is 11.6 Å². The normalized spacial score (nSPS) is 14.2. The first-order valence-corrected chi connectivity index (χ1v) is 7.83. The Morgan fingerprint density at radius 1 is 1.24 bits per heavy atom. The van der Waals surface area contributed by atoms with E-state index in [9.17, 15) is 0 Å². The van der Waals surface area contributed by atoms with E-state index in [1.54, 1.807) is 0 Å². The van der Waals surface area contributed by atoms with E-state index in [4.69, 9.17) is 11.6 Å². The predicted molar refractivity (Wildman–Crippen MR) is 88.7 cm³/mol. The fourth-order valence-corrected chi connectivity index (χ4v) is 3.07. The van der Waals surface area contributed by atoms with E-state index < -0.39 is 0 Å². The Kier molecular flexibility index (Phi) is 5.07. The average molecular weight is 306 g/mol. The summed E-state index contributed by atoms with van der Waals surface area (Å²) in [7, 11) is 2.00. The molecular formula is C17H24ClN3. The fourth-order valence-electron chi connectivity index (χ4n) is 2.95. The molecule has 0 saturated carbocycles. The van der Waals surface area contributed by atoms with E-state index in [1.165, 1.54) is 16.8 Å². The number of hydrogen-bond acceptors (Lipinski definition) is 2. The van der Waals surface area contributed by atoms with Gasteiger partial charge < -0.3 is 5.32 Å². The first-order chi connectivity index (χ1) is 9.93. The summed E-state index contributed by atoms with van der Waals surface area (Å²) >= 11 is 5.97. The maximum atomic E-state index is 5.97. The highest BCUT2D eigenvalue weighted by Crippen LogP contribution is 2.26. The van der Waals surface area contributed by atoms with E-state index in [0.29, 0.717) is 6.04 Å². The van der Waals surface area contributed by atoms with Gasteiger partial charge in [0.1, 0.15) is 0 Å². The van der Waals surface area contributed by atoms with Gasteiger partial charge in [0.05, 0.1) is 5.69 Å². The molecule has 0 saturated heterocycles. The van der Waals surface area contributed by atoms with Crippen LogP contribution in [0.2, 0.25) is 5.02 Å². The lowest BCUT2D eigenvalue weighted by Crippen LogP contribution is -2.25. The molecule has 21 heavy (non-hydrogen) atoms. The minimum atomic E-state index is 0.263. The van der Waals surface area contributed by atoms with Crippen LogP contribution in [-0.4, -0.2) is 9.78 Å². The zero-order chi connectivity index (χ0) is 15.6. The topological polar surface area (TPSA) is 29.9 Å². The molecule has 0 aliphatic rings. The molecule has 2 unspecified atom stereocenters. The number of nitrogens with one attached hydrogen (secondary N) is 1. The van der Waals surface area contributed by atoms with Crippen LogP contribution in [0.25, 0.3) is 0 Å². The van der Waals surface area contributed by atoms with Crippen LogP contribution in [-0.2, 0) is 7.05 Å². The molecule has 2 aromatic rings. The van der Waals surface area contributed by atoms with Gasteiger partial charge in [-0.15, -0.1) is 0 Å². The second-order valence-electron chi connectivity index (χ2n) is 5.61. The predicted octanol–water partition coefficient (Wildman–Crippen LogP) is 4.49. The van der Waals surface area contributed by atoms with Gasteiger partial charge in [0.15, 0.2) is 0 Å². The van der Waals surface area contributed by atoms with E-state index in [1.807, 2.05) is 23.9 Å². The lowest BCUT2D eigenvalue weighted by atomic mass is 10.0. The van der Waals surface area contributed by atoms with Gasteiger partial charge >= 0.3 is 0 Å². The summed E-state index contributed by atoms with van der Waals surface area (Å²) in [5.74, 6) is 0. The van der Waals surface area contributed by atoms with Crippen molar-refractivity contribution in [3.05, 3.63) is 51.8 Å². The highest BCUT2D eigenvalue weighted by Gasteiger charge is 2.19. The third-order valence-electron chi connectivity index (χ3n) is 4.13. The highest BCUT2D eigenvalue weighted by atomic mass is 35.5. The molecule has 0 amide bonds. The summed E-state index contributed by atoms with van der Waals surface area (Å²) in [4.78, 5) is 0. The second kappa shape index (κ2) is 6.63. The quantitative estimate of drug-likeness (QED) is 0.882. The van der Waals surface area contributed by atoms with Crippen molar-refractivity contribution in [1.29, 1.82) is 0 Å². The Morgan fingerprint density at radius 2 is 1.86 bits per heavy atom. The number of nitrogens with zero attached hydrogens (tertiary/aromatic N) is 2. The summed E-state index contributed by atoms with van der Waals surface area (Å²) in [6.07, 6.45) is 1.03. The molecule has 114 valence electrons. The van der Waals surface area contributed by atoms with Gasteiger partial charge in [-0.1, -0.05) is 30.7 Å². The Balaban J connectivity index is 2.20. The SMILES string of the molecule is CCC(NC(C)c1c(C)nn(C)c1C)c1ccc(Cl)cc1. The molecule has 0 spiro atoms. The number of aryl methyl sites for hydroxylation is 2. The number of aromatic nitrogens is 2. The van der Waals surface area contributed by atoms with Crippen LogP contribution in [0.5, 0.6) is 0 Å². The average Bonchev–Trinajstić information content (AvgIpc) is 2.70. The van der Waals surface area contributed by atoms with Crippen LogP contribution in [0, 0.1) is 13.8 Å². The fraction of sp³-hybridized carbons (Fsp3) is 0.471. The van der Waals surface area contributed by atoms with Crippen molar-refractivity contribution in [1.82, 2.24) is 15.1 Å². The molecule has 0 bridgehead atoms. The van der Waals surface area contributed by atoms with Crippen LogP contribution >= 0.6 is 11.6 Å². The zero-order valence-electron chi connectivity index (χ0n) is 13.4. The van der Waals surface area contributed by atoms with Crippen molar-refractivity contribution in [2.75, 3.05) is 0 Å². The number of benzene rings is 1. The minimum absolute atomic E-state index is 0.263. The zero-order valence-corrected chi connectivity index (χ0v) is 14.2. The Morgan fingerprint density at radius 3 is 2.33 bits per heavy atom. The first-order valence-electron chi connectivity index (χ1n) is 7.45. The van der Waals surface area contributed by atoms with Gasteiger partial charge in [0.2, 0.25) is 0 Å². The standard InChI is InChI=1S/C17H24ClN3/c1-6-16(14-7-9-15(18)10-8-14)19-11(2)17-12(3)20-21(5)13(17)4/h7-11,16,19H,6H2,1-5H3. The van der Waals surface area contributed by atoms with Crippen LogP contribution in [0.3, 0.4) is 0 Å². The van der Waals surface area contributed by atoms with Crippen molar-refractivity contribution in [2.45, 2.75) is 46.2 Å². The molecule has 1 N–H and O–H groups in total. The van der Waals surface area contributed by atoms with Crippen molar-refractivity contribution in [3.8, 4) is 0 Å². The molecule has 1 aromatic heterocycles. The van der Waals surface area contributed by atoms with Gasteiger partial charge in [-0.3, -0.25) is 4.68 Å². The lowest BCUT2D eigenvalue weighted by Gasteiger charge is -2.23. The molecule has 3 nitrogen and oxygen atoms in total. The Labute approximate surface area is 132 Å². The van der Waals surface area contributed by atoms with Gasteiger partial charge in [-0.05, 0) is 44.9 Å². The highest BCUT2D eigenvalue weighted by molar-refractivity contribution is 6.30. The molecule has 2 atom stereocenters. The van der Waals surface area contributed by atoms with E-state index in [-0.39, 0.29) is 6.04 Å². The second-order valence-corrected chi connectivity index (χ2v) is 6.05. The summed E-state index contributed by atoms with van der Waals surface area (Å²) in [5, 5.41) is 9.00. The third kappa shape index (κ3) is 3.47. The van der Waals surface area contributed by atoms with E-state index >= 15 is 0 Å². The maximum absolute atomic E-state index is 5.97. The largest absolute Gasteiger partial charge is 0.303 e. The van der Waals surface area contributed by atoms with Crippen LogP contribution in [0.1, 0.15) is 54.9 Å². The van der Waals surface area contributed by atoms with Crippen LogP contribution in [0.15, 0.2) is 24.3 Å². The summed E-state index contributed by atoms with van der Waals surface area (Å²) in [6, 6.07) is 8.67. The molecule has 1 aromatic carbocycles. The molecule has 4 heteroatoms. The van der Waals surface area contributed by atoms with Crippen molar-refractivity contribution in [2.24, 2.45) is 7.05 Å².